The number of fused-ring (bicyclic) bond motifs is 1. The van der Waals surface area contributed by atoms with Crippen LogP contribution < -0.4 is 5.56 Å². The maximum Gasteiger partial charge on any atom is 0.260 e. The van der Waals surface area contributed by atoms with Gasteiger partial charge in [-0.2, -0.15) is 0 Å². The largest absolute Gasteiger partial charge is 0.464 e. The zero-order valence-electron chi connectivity index (χ0n) is 9.98. The first-order valence-corrected chi connectivity index (χ1v) is 7.31. The van der Waals surface area contributed by atoms with Crippen LogP contribution >= 0.6 is 22.9 Å². The molecule has 6 heteroatoms. The average molecular weight is 295 g/mol. The lowest BCUT2D eigenvalue weighted by atomic mass is 10.2. The first kappa shape index (κ1) is 12.4. The highest BCUT2D eigenvalue weighted by atomic mass is 35.5. The van der Waals surface area contributed by atoms with Gasteiger partial charge in [-0.05, 0) is 18.6 Å². The number of aromatic amines is 1. The average Bonchev–Trinajstić information content (AvgIpc) is 3.04. The van der Waals surface area contributed by atoms with Crippen LogP contribution in [0.3, 0.4) is 0 Å². The Kier molecular flexibility index (Phi) is 3.40. The van der Waals surface area contributed by atoms with Crippen LogP contribution in [0, 0.1) is 0 Å². The Morgan fingerprint density at radius 3 is 3.11 bits per heavy atom. The highest BCUT2D eigenvalue weighted by molar-refractivity contribution is 7.17. The van der Waals surface area contributed by atoms with Gasteiger partial charge in [-0.15, -0.1) is 22.9 Å². The third kappa shape index (κ3) is 2.31. The van der Waals surface area contributed by atoms with E-state index in [4.69, 9.17) is 16.0 Å². The summed E-state index contributed by atoms with van der Waals surface area (Å²) in [7, 11) is 0. The summed E-state index contributed by atoms with van der Waals surface area (Å²) in [4.78, 5) is 20.2. The fraction of sp³-hybridized carbons (Fsp3) is 0.231. The Morgan fingerprint density at radius 1 is 1.47 bits per heavy atom. The monoisotopic (exact) mass is 294 g/mol. The van der Waals surface area contributed by atoms with E-state index in [1.807, 2.05) is 11.4 Å². The van der Waals surface area contributed by atoms with E-state index in [9.17, 15) is 4.79 Å². The lowest BCUT2D eigenvalue weighted by Gasteiger charge is -1.99. The molecule has 3 rings (SSSR count). The van der Waals surface area contributed by atoms with Crippen molar-refractivity contribution in [1.29, 1.82) is 0 Å². The number of nitrogens with one attached hydrogen (secondary N) is 1. The molecule has 0 aliphatic rings. The number of hydrogen-bond donors (Lipinski definition) is 1. The molecule has 0 aromatic carbocycles. The molecular weight excluding hydrogens is 284 g/mol. The highest BCUT2D eigenvalue weighted by Crippen LogP contribution is 2.30. The van der Waals surface area contributed by atoms with Gasteiger partial charge in [0.05, 0.1) is 11.6 Å². The van der Waals surface area contributed by atoms with E-state index in [1.165, 1.54) is 11.3 Å². The summed E-state index contributed by atoms with van der Waals surface area (Å²) in [6.07, 6.45) is 3.07. The molecule has 0 spiro atoms. The molecule has 98 valence electrons. The van der Waals surface area contributed by atoms with Gasteiger partial charge >= 0.3 is 0 Å². The number of alkyl halides is 1. The molecule has 3 heterocycles. The minimum atomic E-state index is -0.123. The maximum atomic E-state index is 12.2. The summed E-state index contributed by atoms with van der Waals surface area (Å²) < 4.78 is 5.34. The van der Waals surface area contributed by atoms with Crippen LogP contribution in [-0.2, 0) is 6.42 Å². The van der Waals surface area contributed by atoms with Crippen molar-refractivity contribution in [2.45, 2.75) is 12.8 Å². The molecule has 0 bridgehead atoms. The van der Waals surface area contributed by atoms with E-state index >= 15 is 0 Å². The third-order valence-electron chi connectivity index (χ3n) is 2.83. The maximum absolute atomic E-state index is 12.2. The molecule has 0 radical (unpaired) electrons. The van der Waals surface area contributed by atoms with Crippen molar-refractivity contribution >= 4 is 33.2 Å². The van der Waals surface area contributed by atoms with Gasteiger partial charge in [-0.1, -0.05) is 0 Å². The number of hydrogen-bond acceptors (Lipinski definition) is 4. The number of H-pyrrole nitrogens is 1. The molecule has 0 atom stereocenters. The van der Waals surface area contributed by atoms with E-state index in [1.54, 1.807) is 12.3 Å². The van der Waals surface area contributed by atoms with Gasteiger partial charge < -0.3 is 9.40 Å². The molecule has 0 fully saturated rings. The highest BCUT2D eigenvalue weighted by Gasteiger charge is 2.14. The van der Waals surface area contributed by atoms with Crippen LogP contribution in [0.1, 0.15) is 12.2 Å². The molecule has 0 unspecified atom stereocenters. The van der Waals surface area contributed by atoms with Gasteiger partial charge in [0.2, 0.25) is 0 Å². The number of nitrogens with zero attached hydrogens (tertiary/aromatic N) is 1. The summed E-state index contributed by atoms with van der Waals surface area (Å²) in [5.41, 5.74) is 0.671. The lowest BCUT2D eigenvalue weighted by Crippen LogP contribution is -2.11. The number of thiophene rings is 1. The van der Waals surface area contributed by atoms with Crippen molar-refractivity contribution in [3.05, 3.63) is 40.0 Å². The minimum Gasteiger partial charge on any atom is -0.464 e. The number of halogens is 1. The number of furan rings is 1. The molecule has 3 aromatic rings. The molecule has 0 aliphatic carbocycles. The van der Waals surface area contributed by atoms with Crippen molar-refractivity contribution in [1.82, 2.24) is 9.97 Å². The third-order valence-corrected chi connectivity index (χ3v) is 3.97. The van der Waals surface area contributed by atoms with Crippen molar-refractivity contribution in [2.24, 2.45) is 0 Å². The summed E-state index contributed by atoms with van der Waals surface area (Å²) in [5.74, 6) is 1.93. The second-order valence-corrected chi connectivity index (χ2v) is 5.35. The quantitative estimate of drug-likeness (QED) is 0.750. The van der Waals surface area contributed by atoms with Crippen molar-refractivity contribution in [3.8, 4) is 11.3 Å². The zero-order chi connectivity index (χ0) is 13.2. The second kappa shape index (κ2) is 5.19. The Balaban J connectivity index is 2.12. The number of aromatic nitrogens is 2. The van der Waals surface area contributed by atoms with Gasteiger partial charge in [-0.3, -0.25) is 4.79 Å². The van der Waals surface area contributed by atoms with Crippen LogP contribution in [0.15, 0.2) is 33.0 Å². The van der Waals surface area contributed by atoms with Gasteiger partial charge in [0.1, 0.15) is 16.4 Å². The van der Waals surface area contributed by atoms with Crippen LogP contribution in [-0.4, -0.2) is 15.8 Å². The molecule has 0 amide bonds. The molecule has 0 saturated heterocycles. The van der Waals surface area contributed by atoms with Crippen LogP contribution in [0.5, 0.6) is 0 Å². The molecule has 4 nitrogen and oxygen atoms in total. The smallest absolute Gasteiger partial charge is 0.260 e. The zero-order valence-corrected chi connectivity index (χ0v) is 11.6. The lowest BCUT2D eigenvalue weighted by molar-refractivity contribution is 0.583. The van der Waals surface area contributed by atoms with E-state index < -0.39 is 0 Å². The van der Waals surface area contributed by atoms with E-state index in [-0.39, 0.29) is 5.56 Å². The van der Waals surface area contributed by atoms with Crippen molar-refractivity contribution < 1.29 is 4.42 Å². The minimum absolute atomic E-state index is 0.123. The molecule has 19 heavy (non-hydrogen) atoms. The number of aryl methyl sites for hydroxylation is 1. The normalized spacial score (nSPS) is 11.2. The van der Waals surface area contributed by atoms with Crippen molar-refractivity contribution in [2.75, 3.05) is 5.88 Å². The van der Waals surface area contributed by atoms with E-state index in [2.05, 4.69) is 9.97 Å². The summed E-state index contributed by atoms with van der Waals surface area (Å²) in [6.45, 7) is 0. The Bertz CT molecular complexity index is 746. The molecule has 1 N–H and O–H groups in total. The Morgan fingerprint density at radius 2 is 2.37 bits per heavy atom. The first-order valence-electron chi connectivity index (χ1n) is 5.90. The van der Waals surface area contributed by atoms with Gasteiger partial charge in [0.15, 0.2) is 0 Å². The van der Waals surface area contributed by atoms with Crippen LogP contribution in [0.2, 0.25) is 0 Å². The van der Waals surface area contributed by atoms with Crippen LogP contribution in [0.4, 0.5) is 0 Å². The molecule has 0 saturated carbocycles. The number of rotatable bonds is 4. The van der Waals surface area contributed by atoms with Gasteiger partial charge in [-0.25, -0.2) is 4.98 Å². The molecule has 0 aliphatic heterocycles. The second-order valence-electron chi connectivity index (χ2n) is 4.11. The SMILES string of the molecule is O=c1[nH]c(CCCCl)nc2scc(-c3ccco3)c12. The predicted octanol–water partition coefficient (Wildman–Crippen LogP) is 3.42. The first-order chi connectivity index (χ1) is 9.29. The summed E-state index contributed by atoms with van der Waals surface area (Å²) >= 11 is 7.10. The van der Waals surface area contributed by atoms with E-state index in [0.717, 1.165) is 16.8 Å². The molecular formula is C13H11ClN2O2S. The Hall–Kier alpha value is -1.59. The standard InChI is InChI=1S/C13H11ClN2O2S/c14-5-1-4-10-15-12(17)11-8(7-19-13(11)16-10)9-3-2-6-18-9/h2-3,6-7H,1,4-5H2,(H,15,16,17). The van der Waals surface area contributed by atoms with E-state index in [0.29, 0.717) is 29.3 Å². The van der Waals surface area contributed by atoms with Gasteiger partial charge in [0.25, 0.3) is 5.56 Å². The fourth-order valence-corrected chi connectivity index (χ4v) is 3.04. The fourth-order valence-electron chi connectivity index (χ4n) is 1.96. The van der Waals surface area contributed by atoms with Gasteiger partial charge in [0, 0.05) is 23.2 Å². The topological polar surface area (TPSA) is 58.9 Å². The van der Waals surface area contributed by atoms with Crippen LogP contribution in [0.25, 0.3) is 21.5 Å². The predicted molar refractivity (Wildman–Crippen MR) is 77.0 cm³/mol. The summed E-state index contributed by atoms with van der Waals surface area (Å²) in [6, 6.07) is 3.64. The summed E-state index contributed by atoms with van der Waals surface area (Å²) in [5, 5.41) is 2.49. The Labute approximate surface area is 118 Å². The van der Waals surface area contributed by atoms with Crippen molar-refractivity contribution in [3.63, 3.8) is 0 Å². The molecule has 3 aromatic heterocycles.